The second kappa shape index (κ2) is 6.87. The molecule has 6 heteroatoms. The lowest BCUT2D eigenvalue weighted by Gasteiger charge is -2.37. The lowest BCUT2D eigenvalue weighted by molar-refractivity contribution is 0.181. The Hall–Kier alpha value is -3.15. The van der Waals surface area contributed by atoms with E-state index < -0.39 is 17.7 Å². The number of carbonyl (C=O) groups excluding carboxylic acids is 1. The van der Waals surface area contributed by atoms with Gasteiger partial charge in [0.05, 0.1) is 6.04 Å². The van der Waals surface area contributed by atoms with Crippen molar-refractivity contribution < 1.29 is 13.6 Å². The van der Waals surface area contributed by atoms with E-state index in [1.54, 1.807) is 4.90 Å². The summed E-state index contributed by atoms with van der Waals surface area (Å²) in [7, 11) is 0. The number of halogens is 2. The number of hydrogen-bond acceptors (Lipinski definition) is 1. The summed E-state index contributed by atoms with van der Waals surface area (Å²) >= 11 is 0. The van der Waals surface area contributed by atoms with E-state index in [0.717, 1.165) is 23.4 Å². The number of anilines is 1. The Morgan fingerprint density at radius 3 is 2.67 bits per heavy atom. The van der Waals surface area contributed by atoms with Crippen molar-refractivity contribution in [2.75, 3.05) is 11.9 Å². The fourth-order valence-corrected chi connectivity index (χ4v) is 3.55. The molecule has 0 spiro atoms. The molecule has 0 saturated heterocycles. The van der Waals surface area contributed by atoms with Crippen molar-refractivity contribution in [2.24, 2.45) is 0 Å². The van der Waals surface area contributed by atoms with Crippen LogP contribution in [0.2, 0.25) is 0 Å². The molecule has 0 bridgehead atoms. The van der Waals surface area contributed by atoms with Crippen LogP contribution in [0.15, 0.2) is 60.8 Å². The van der Waals surface area contributed by atoms with Crippen molar-refractivity contribution in [1.82, 2.24) is 9.47 Å². The van der Waals surface area contributed by atoms with E-state index in [1.807, 2.05) is 54.1 Å². The van der Waals surface area contributed by atoms with E-state index in [0.29, 0.717) is 24.3 Å². The second-order valence-electron chi connectivity index (χ2n) is 6.70. The zero-order valence-electron chi connectivity index (χ0n) is 14.8. The number of nitrogens with one attached hydrogen (secondary N) is 1. The zero-order chi connectivity index (χ0) is 19.0. The van der Waals surface area contributed by atoms with Gasteiger partial charge in [0.1, 0.15) is 0 Å². The molecule has 1 N–H and O–H groups in total. The fourth-order valence-electron chi connectivity index (χ4n) is 3.55. The highest BCUT2D eigenvalue weighted by atomic mass is 19.2. The molecule has 2 heterocycles. The second-order valence-corrected chi connectivity index (χ2v) is 6.70. The molecule has 138 valence electrons. The maximum atomic E-state index is 13.9. The predicted molar refractivity (Wildman–Crippen MR) is 99.5 cm³/mol. The Balaban J connectivity index is 1.70. The molecule has 0 radical (unpaired) electrons. The molecule has 1 aromatic heterocycles. The van der Waals surface area contributed by atoms with Gasteiger partial charge in [0.25, 0.3) is 0 Å². The number of carbonyl (C=O) groups is 1. The van der Waals surface area contributed by atoms with Crippen molar-refractivity contribution >= 4 is 11.7 Å². The van der Waals surface area contributed by atoms with E-state index in [1.165, 1.54) is 6.07 Å². The molecular weight excluding hydrogens is 348 g/mol. The van der Waals surface area contributed by atoms with Crippen LogP contribution in [0.3, 0.4) is 0 Å². The minimum Gasteiger partial charge on any atom is -0.348 e. The van der Waals surface area contributed by atoms with E-state index >= 15 is 0 Å². The van der Waals surface area contributed by atoms with Crippen LogP contribution in [0.4, 0.5) is 19.3 Å². The molecule has 2 amide bonds. The number of fused-ring (bicyclic) bond motifs is 1. The third kappa shape index (κ3) is 3.30. The smallest absolute Gasteiger partial charge is 0.322 e. The van der Waals surface area contributed by atoms with Gasteiger partial charge < -0.3 is 14.8 Å². The van der Waals surface area contributed by atoms with Crippen LogP contribution < -0.4 is 5.32 Å². The molecule has 1 aliphatic heterocycles. The molecule has 4 nitrogen and oxygen atoms in total. The monoisotopic (exact) mass is 367 g/mol. The van der Waals surface area contributed by atoms with Gasteiger partial charge in [0.15, 0.2) is 11.6 Å². The van der Waals surface area contributed by atoms with E-state index in [2.05, 4.69) is 5.32 Å². The summed E-state index contributed by atoms with van der Waals surface area (Å²) < 4.78 is 29.3. The van der Waals surface area contributed by atoms with Crippen LogP contribution in [-0.4, -0.2) is 22.0 Å². The van der Waals surface area contributed by atoms with Gasteiger partial charge in [-0.05, 0) is 54.4 Å². The molecule has 1 atom stereocenters. The van der Waals surface area contributed by atoms with Crippen molar-refractivity contribution in [3.8, 4) is 0 Å². The molecule has 3 aromatic rings. The molecular formula is C21H19F2N3O. The Labute approximate surface area is 156 Å². The van der Waals surface area contributed by atoms with Gasteiger partial charge in [-0.1, -0.05) is 18.2 Å². The highest BCUT2D eigenvalue weighted by Gasteiger charge is 2.32. The van der Waals surface area contributed by atoms with Crippen molar-refractivity contribution in [1.29, 1.82) is 0 Å². The first kappa shape index (κ1) is 17.3. The van der Waals surface area contributed by atoms with Gasteiger partial charge in [-0.15, -0.1) is 0 Å². The minimum absolute atomic E-state index is 0.275. The number of amides is 2. The largest absolute Gasteiger partial charge is 0.348 e. The average Bonchev–Trinajstić information content (AvgIpc) is 3.12. The Kier molecular flexibility index (Phi) is 4.39. The molecule has 4 rings (SSSR count). The predicted octanol–water partition coefficient (Wildman–Crippen LogP) is 4.71. The van der Waals surface area contributed by atoms with Crippen molar-refractivity contribution in [3.63, 3.8) is 0 Å². The van der Waals surface area contributed by atoms with Gasteiger partial charge in [-0.3, -0.25) is 0 Å². The third-order valence-corrected chi connectivity index (χ3v) is 4.83. The molecule has 0 saturated carbocycles. The Morgan fingerprint density at radius 2 is 1.89 bits per heavy atom. The standard InChI is InChI=1S/C21H19F2N3O/c1-14-4-2-5-16(12-14)24-21(27)26-11-10-25-9-3-6-19(25)20(26)15-7-8-17(22)18(23)13-15/h2-9,12-13,20H,10-11H2,1H3,(H,24,27)/t20-/m0/s1. The van der Waals surface area contributed by atoms with Gasteiger partial charge >= 0.3 is 6.03 Å². The number of aryl methyl sites for hydroxylation is 1. The van der Waals surface area contributed by atoms with Crippen molar-refractivity contribution in [3.05, 3.63) is 89.2 Å². The Morgan fingerprint density at radius 1 is 1.04 bits per heavy atom. The van der Waals surface area contributed by atoms with E-state index in [-0.39, 0.29) is 6.03 Å². The van der Waals surface area contributed by atoms with E-state index in [9.17, 15) is 13.6 Å². The first-order valence-electron chi connectivity index (χ1n) is 8.77. The molecule has 2 aromatic carbocycles. The van der Waals surface area contributed by atoms with E-state index in [4.69, 9.17) is 0 Å². The molecule has 1 aliphatic rings. The molecule has 0 aliphatic carbocycles. The third-order valence-electron chi connectivity index (χ3n) is 4.83. The molecule has 0 fully saturated rings. The SMILES string of the molecule is Cc1cccc(NC(=O)N2CCn3cccc3[C@@H]2c2ccc(F)c(F)c2)c1. The maximum absolute atomic E-state index is 13.9. The van der Waals surface area contributed by atoms with Crippen LogP contribution in [0, 0.1) is 18.6 Å². The Bertz CT molecular complexity index is 999. The van der Waals surface area contributed by atoms with Crippen LogP contribution in [0.5, 0.6) is 0 Å². The lowest BCUT2D eigenvalue weighted by Crippen LogP contribution is -2.44. The number of benzene rings is 2. The van der Waals surface area contributed by atoms with Gasteiger partial charge in [0, 0.05) is 30.7 Å². The minimum atomic E-state index is -0.921. The summed E-state index contributed by atoms with van der Waals surface area (Å²) in [5.41, 5.74) is 3.14. The van der Waals surface area contributed by atoms with Crippen LogP contribution in [0.1, 0.15) is 22.9 Å². The highest BCUT2D eigenvalue weighted by Crippen LogP contribution is 2.33. The van der Waals surface area contributed by atoms with Crippen LogP contribution in [-0.2, 0) is 6.54 Å². The molecule has 27 heavy (non-hydrogen) atoms. The fraction of sp³-hybridized carbons (Fsp3) is 0.190. The lowest BCUT2D eigenvalue weighted by atomic mass is 10.00. The van der Waals surface area contributed by atoms with Crippen LogP contribution >= 0.6 is 0 Å². The zero-order valence-corrected chi connectivity index (χ0v) is 14.8. The number of aromatic nitrogens is 1. The number of rotatable bonds is 2. The first-order valence-corrected chi connectivity index (χ1v) is 8.77. The van der Waals surface area contributed by atoms with Crippen molar-refractivity contribution in [2.45, 2.75) is 19.5 Å². The average molecular weight is 367 g/mol. The highest BCUT2D eigenvalue weighted by molar-refractivity contribution is 5.90. The summed E-state index contributed by atoms with van der Waals surface area (Å²) in [4.78, 5) is 14.6. The summed E-state index contributed by atoms with van der Waals surface area (Å²) in [5, 5.41) is 2.91. The van der Waals surface area contributed by atoms with Gasteiger partial charge in [-0.25, -0.2) is 13.6 Å². The summed E-state index contributed by atoms with van der Waals surface area (Å²) in [6.07, 6.45) is 1.93. The normalized spacial score (nSPS) is 16.1. The number of urea groups is 1. The summed E-state index contributed by atoms with van der Waals surface area (Å²) in [6, 6.07) is 14.4. The van der Waals surface area contributed by atoms with Gasteiger partial charge in [-0.2, -0.15) is 0 Å². The quantitative estimate of drug-likeness (QED) is 0.700. The maximum Gasteiger partial charge on any atom is 0.322 e. The summed E-state index contributed by atoms with van der Waals surface area (Å²) in [5.74, 6) is -1.82. The number of hydrogen-bond donors (Lipinski definition) is 1. The van der Waals surface area contributed by atoms with Crippen LogP contribution in [0.25, 0.3) is 0 Å². The summed E-state index contributed by atoms with van der Waals surface area (Å²) in [6.45, 7) is 3.06. The number of nitrogens with zero attached hydrogens (tertiary/aromatic N) is 2. The topological polar surface area (TPSA) is 37.3 Å². The first-order chi connectivity index (χ1) is 13.0. The molecule has 0 unspecified atom stereocenters. The van der Waals surface area contributed by atoms with Gasteiger partial charge in [0.2, 0.25) is 0 Å².